The minimum absolute atomic E-state index is 0.0210. The molecule has 6 nitrogen and oxygen atoms in total. The lowest BCUT2D eigenvalue weighted by molar-refractivity contribution is 0.0881. The van der Waals surface area contributed by atoms with Gasteiger partial charge in [0.05, 0.1) is 23.4 Å². The Kier molecular flexibility index (Phi) is 7.23. The summed E-state index contributed by atoms with van der Waals surface area (Å²) in [5.74, 6) is 0.132. The first-order valence-electron chi connectivity index (χ1n) is 12.8. The van der Waals surface area contributed by atoms with Crippen molar-refractivity contribution in [3.63, 3.8) is 0 Å². The van der Waals surface area contributed by atoms with Crippen LogP contribution < -0.4 is 10.1 Å². The highest BCUT2D eigenvalue weighted by atomic mass is 32.1. The highest BCUT2D eigenvalue weighted by Gasteiger charge is 2.26. The molecular weight excluding hydrogens is 511 g/mol. The van der Waals surface area contributed by atoms with Gasteiger partial charge in [-0.1, -0.05) is 45.0 Å². The maximum absolute atomic E-state index is 13.4. The van der Waals surface area contributed by atoms with Crippen molar-refractivity contribution in [1.82, 2.24) is 20.1 Å². The van der Waals surface area contributed by atoms with Crippen molar-refractivity contribution >= 4 is 28.1 Å². The molecule has 39 heavy (non-hydrogen) atoms. The zero-order valence-corrected chi connectivity index (χ0v) is 23.4. The predicted octanol–water partition coefficient (Wildman–Crippen LogP) is 7.17. The summed E-state index contributed by atoms with van der Waals surface area (Å²) in [5.41, 5.74) is 3.83. The predicted molar refractivity (Wildman–Crippen MR) is 153 cm³/mol. The van der Waals surface area contributed by atoms with E-state index in [2.05, 4.69) is 60.4 Å². The van der Waals surface area contributed by atoms with Crippen molar-refractivity contribution in [1.29, 1.82) is 0 Å². The van der Waals surface area contributed by atoms with Gasteiger partial charge in [0.15, 0.2) is 5.01 Å². The smallest absolute Gasteiger partial charge is 0.280 e. The number of amides is 1. The van der Waals surface area contributed by atoms with Crippen LogP contribution in [0, 0.1) is 12.7 Å². The van der Waals surface area contributed by atoms with E-state index in [1.54, 1.807) is 29.2 Å². The fourth-order valence-electron chi connectivity index (χ4n) is 4.45. The number of aryl methyl sites for hydroxylation is 1. The quantitative estimate of drug-likeness (QED) is 0.237. The molecular formula is C31H31FN4O2S. The van der Waals surface area contributed by atoms with Crippen LogP contribution in [0.3, 0.4) is 0 Å². The highest BCUT2D eigenvalue weighted by Crippen LogP contribution is 2.31. The van der Waals surface area contributed by atoms with E-state index in [0.29, 0.717) is 10.8 Å². The summed E-state index contributed by atoms with van der Waals surface area (Å²) in [6.45, 7) is 10.4. The summed E-state index contributed by atoms with van der Waals surface area (Å²) >= 11 is 1.36. The number of halogens is 1. The van der Waals surface area contributed by atoms with Crippen LogP contribution in [-0.4, -0.2) is 26.7 Å². The van der Waals surface area contributed by atoms with Crippen LogP contribution in [0.15, 0.2) is 79.1 Å². The first kappa shape index (κ1) is 26.6. The molecule has 0 aliphatic carbocycles. The van der Waals surface area contributed by atoms with E-state index < -0.39 is 6.10 Å². The maximum atomic E-state index is 13.4. The summed E-state index contributed by atoms with van der Waals surface area (Å²) in [6, 6.07) is 20.0. The zero-order chi connectivity index (χ0) is 27.7. The Morgan fingerprint density at radius 2 is 1.74 bits per heavy atom. The van der Waals surface area contributed by atoms with Crippen molar-refractivity contribution in [2.75, 3.05) is 0 Å². The standard InChI is InChI=1S/C31H31FN4O2S/c1-19-17-33-30(39-19)29(37)35-20(2)28(21-6-8-23(9-7-21)31(3,4)5)38-26-14-15-27-22(16-26)18-34-36(27)25-12-10-24(32)11-13-25/h6-18,20,28H,1-5H3,(H,35,37)/t20-,28+/m0/s1. The largest absolute Gasteiger partial charge is 0.484 e. The van der Waals surface area contributed by atoms with Gasteiger partial charge in [-0.3, -0.25) is 4.79 Å². The van der Waals surface area contributed by atoms with E-state index in [1.165, 1.54) is 29.0 Å². The van der Waals surface area contributed by atoms with Gasteiger partial charge in [0, 0.05) is 16.5 Å². The summed E-state index contributed by atoms with van der Waals surface area (Å²) in [6.07, 6.45) is 3.01. The molecule has 200 valence electrons. The van der Waals surface area contributed by atoms with Crippen LogP contribution in [0.2, 0.25) is 0 Å². The fraction of sp³-hybridized carbons (Fsp3) is 0.258. The molecule has 0 spiro atoms. The molecule has 0 unspecified atom stereocenters. The minimum Gasteiger partial charge on any atom is -0.484 e. The van der Waals surface area contributed by atoms with Gasteiger partial charge >= 0.3 is 0 Å². The first-order chi connectivity index (χ1) is 18.6. The molecule has 0 radical (unpaired) electrons. The van der Waals surface area contributed by atoms with Crippen LogP contribution in [0.4, 0.5) is 4.39 Å². The number of aromatic nitrogens is 3. The molecule has 0 fully saturated rings. The molecule has 5 rings (SSSR count). The van der Waals surface area contributed by atoms with Crippen molar-refractivity contribution in [3.05, 3.63) is 106 Å². The average Bonchev–Trinajstić information content (AvgIpc) is 3.53. The summed E-state index contributed by atoms with van der Waals surface area (Å²) in [4.78, 5) is 18.1. The Morgan fingerprint density at radius 3 is 2.38 bits per heavy atom. The van der Waals surface area contributed by atoms with E-state index in [9.17, 15) is 9.18 Å². The van der Waals surface area contributed by atoms with Crippen molar-refractivity contribution in [3.8, 4) is 11.4 Å². The molecule has 3 aromatic carbocycles. The van der Waals surface area contributed by atoms with Crippen LogP contribution >= 0.6 is 11.3 Å². The van der Waals surface area contributed by atoms with Gasteiger partial charge < -0.3 is 10.1 Å². The van der Waals surface area contributed by atoms with Gasteiger partial charge in [-0.2, -0.15) is 5.10 Å². The van der Waals surface area contributed by atoms with Crippen molar-refractivity contribution in [2.45, 2.75) is 52.2 Å². The Bertz CT molecular complexity index is 1600. The molecule has 0 saturated heterocycles. The normalized spacial score (nSPS) is 13.3. The Balaban J connectivity index is 1.44. The number of carbonyl (C=O) groups excluding carboxylic acids is 1. The van der Waals surface area contributed by atoms with E-state index in [-0.39, 0.29) is 23.2 Å². The third-order valence-electron chi connectivity index (χ3n) is 6.61. The zero-order valence-electron chi connectivity index (χ0n) is 22.6. The highest BCUT2D eigenvalue weighted by molar-refractivity contribution is 7.13. The van der Waals surface area contributed by atoms with Crippen LogP contribution in [-0.2, 0) is 5.41 Å². The van der Waals surface area contributed by atoms with Gasteiger partial charge in [-0.05, 0) is 72.9 Å². The van der Waals surface area contributed by atoms with Gasteiger partial charge in [-0.15, -0.1) is 11.3 Å². The number of carbonyl (C=O) groups is 1. The second kappa shape index (κ2) is 10.6. The molecule has 2 atom stereocenters. The number of ether oxygens (including phenoxy) is 1. The molecule has 0 saturated carbocycles. The lowest BCUT2D eigenvalue weighted by Crippen LogP contribution is -2.39. The second-order valence-corrected chi connectivity index (χ2v) is 11.9. The van der Waals surface area contributed by atoms with Crippen molar-refractivity contribution < 1.29 is 13.9 Å². The Morgan fingerprint density at radius 1 is 1.03 bits per heavy atom. The minimum atomic E-state index is -0.450. The lowest BCUT2D eigenvalue weighted by Gasteiger charge is -2.27. The molecule has 5 aromatic rings. The summed E-state index contributed by atoms with van der Waals surface area (Å²) in [5, 5.41) is 8.88. The van der Waals surface area contributed by atoms with Gasteiger partial charge in [-0.25, -0.2) is 14.1 Å². The topological polar surface area (TPSA) is 69.0 Å². The number of nitrogens with one attached hydrogen (secondary N) is 1. The molecule has 0 aliphatic rings. The molecule has 2 heterocycles. The number of rotatable bonds is 7. The molecule has 0 bridgehead atoms. The number of nitrogens with zero attached hydrogens (tertiary/aromatic N) is 3. The number of thiazole rings is 1. The molecule has 8 heteroatoms. The van der Waals surface area contributed by atoms with Crippen LogP contribution in [0.1, 0.15) is 59.6 Å². The summed E-state index contributed by atoms with van der Waals surface area (Å²) in [7, 11) is 0. The van der Waals surface area contributed by atoms with E-state index in [1.807, 2.05) is 32.0 Å². The molecule has 2 aromatic heterocycles. The fourth-order valence-corrected chi connectivity index (χ4v) is 5.12. The number of hydrogen-bond acceptors (Lipinski definition) is 5. The van der Waals surface area contributed by atoms with Gasteiger partial charge in [0.2, 0.25) is 0 Å². The van der Waals surface area contributed by atoms with Crippen LogP contribution in [0.25, 0.3) is 16.6 Å². The third kappa shape index (κ3) is 5.86. The molecule has 0 aliphatic heterocycles. The monoisotopic (exact) mass is 542 g/mol. The Hall–Kier alpha value is -4.04. The van der Waals surface area contributed by atoms with Crippen LogP contribution in [0.5, 0.6) is 5.75 Å². The van der Waals surface area contributed by atoms with Gasteiger partial charge in [0.25, 0.3) is 5.91 Å². The lowest BCUT2D eigenvalue weighted by atomic mass is 9.86. The number of benzene rings is 3. The Labute approximate surface area is 231 Å². The number of hydrogen-bond donors (Lipinski definition) is 1. The number of fused-ring (bicyclic) bond motifs is 1. The molecule has 1 amide bonds. The first-order valence-corrected chi connectivity index (χ1v) is 13.6. The second-order valence-electron chi connectivity index (χ2n) is 10.7. The average molecular weight is 543 g/mol. The third-order valence-corrected chi connectivity index (χ3v) is 7.52. The van der Waals surface area contributed by atoms with E-state index >= 15 is 0 Å². The van der Waals surface area contributed by atoms with E-state index in [0.717, 1.165) is 27.0 Å². The summed E-state index contributed by atoms with van der Waals surface area (Å²) < 4.78 is 21.7. The SMILES string of the molecule is Cc1cnc(C(=O)N[C@@H](C)[C@@H](Oc2ccc3c(cnn3-c3ccc(F)cc3)c2)c2ccc(C(C)(C)C)cc2)s1. The van der Waals surface area contributed by atoms with Crippen molar-refractivity contribution in [2.24, 2.45) is 0 Å². The van der Waals surface area contributed by atoms with Gasteiger partial charge in [0.1, 0.15) is 17.7 Å². The molecule has 1 N–H and O–H groups in total. The maximum Gasteiger partial charge on any atom is 0.280 e. The van der Waals surface area contributed by atoms with E-state index in [4.69, 9.17) is 4.74 Å².